The molecule has 6 heteroatoms. The number of carboxylic acid groups (broad SMARTS) is 1. The zero-order valence-corrected chi connectivity index (χ0v) is 14.4. The summed E-state index contributed by atoms with van der Waals surface area (Å²) < 4.78 is 0. The second kappa shape index (κ2) is 7.13. The molecule has 3 rings (SSSR count). The van der Waals surface area contributed by atoms with Crippen LogP contribution >= 0.6 is 11.3 Å². The van der Waals surface area contributed by atoms with Gasteiger partial charge in [0.2, 0.25) is 0 Å². The minimum absolute atomic E-state index is 0.0519. The molecule has 0 spiro atoms. The van der Waals surface area contributed by atoms with Gasteiger partial charge >= 0.3 is 5.97 Å². The third kappa shape index (κ3) is 3.33. The Balaban J connectivity index is 1.73. The van der Waals surface area contributed by atoms with Crippen LogP contribution in [0.3, 0.4) is 0 Å². The van der Waals surface area contributed by atoms with E-state index < -0.39 is 5.97 Å². The average Bonchev–Trinajstić information content (AvgIpc) is 3.24. The largest absolute Gasteiger partial charge is 0.478 e. The number of likely N-dealkylation sites (tertiary alicyclic amines) is 1. The van der Waals surface area contributed by atoms with Crippen LogP contribution in [0.4, 0.5) is 0 Å². The number of carbonyl (C=O) groups is 2. The highest BCUT2D eigenvalue weighted by Gasteiger charge is 2.31. The first-order valence-electron chi connectivity index (χ1n) is 8.16. The topological polar surface area (TPSA) is 70.5 Å². The molecule has 1 aliphatic rings. The first-order valence-corrected chi connectivity index (χ1v) is 9.04. The summed E-state index contributed by atoms with van der Waals surface area (Å²) in [7, 11) is 0. The van der Waals surface area contributed by atoms with Crippen molar-refractivity contribution in [2.45, 2.75) is 32.1 Å². The summed E-state index contributed by atoms with van der Waals surface area (Å²) in [6.07, 6.45) is 2.69. The fraction of sp³-hybridized carbons (Fsp3) is 0.389. The number of aromatic nitrogens is 1. The summed E-state index contributed by atoms with van der Waals surface area (Å²) in [5.74, 6) is -0.905. The van der Waals surface area contributed by atoms with Crippen LogP contribution in [0.5, 0.6) is 0 Å². The molecular formula is C18H20N2O3S. The van der Waals surface area contributed by atoms with E-state index in [0.717, 1.165) is 29.8 Å². The van der Waals surface area contributed by atoms with Gasteiger partial charge in [-0.25, -0.2) is 9.78 Å². The lowest BCUT2D eigenvalue weighted by atomic mass is 9.93. The van der Waals surface area contributed by atoms with Crippen LogP contribution in [0, 0.1) is 0 Å². The highest BCUT2D eigenvalue weighted by atomic mass is 32.1. The Morgan fingerprint density at radius 1 is 1.38 bits per heavy atom. The molecule has 1 saturated heterocycles. The van der Waals surface area contributed by atoms with Crippen LogP contribution in [-0.4, -0.2) is 40.0 Å². The molecule has 1 N–H and O–H groups in total. The minimum Gasteiger partial charge on any atom is -0.478 e. The van der Waals surface area contributed by atoms with Crippen molar-refractivity contribution >= 4 is 23.2 Å². The van der Waals surface area contributed by atoms with Gasteiger partial charge in [0.1, 0.15) is 5.69 Å². The molecule has 2 heterocycles. The number of hydrogen-bond acceptors (Lipinski definition) is 4. The predicted molar refractivity (Wildman–Crippen MR) is 92.8 cm³/mol. The van der Waals surface area contributed by atoms with Crippen LogP contribution < -0.4 is 0 Å². The van der Waals surface area contributed by atoms with E-state index in [1.54, 1.807) is 17.0 Å². The molecule has 0 radical (unpaired) electrons. The molecule has 1 amide bonds. The van der Waals surface area contributed by atoms with Crippen molar-refractivity contribution < 1.29 is 14.7 Å². The van der Waals surface area contributed by atoms with E-state index in [4.69, 9.17) is 0 Å². The van der Waals surface area contributed by atoms with Gasteiger partial charge < -0.3 is 10.0 Å². The maximum atomic E-state index is 12.6. The Kier molecular flexibility index (Phi) is 4.94. The van der Waals surface area contributed by atoms with E-state index in [0.29, 0.717) is 24.3 Å². The van der Waals surface area contributed by atoms with Crippen molar-refractivity contribution in [2.75, 3.05) is 13.1 Å². The molecule has 0 aliphatic carbocycles. The van der Waals surface area contributed by atoms with E-state index in [9.17, 15) is 14.7 Å². The number of aryl methyl sites for hydroxylation is 1. The molecule has 2 aromatic rings. The monoisotopic (exact) mass is 344 g/mol. The maximum absolute atomic E-state index is 12.6. The Morgan fingerprint density at radius 3 is 2.92 bits per heavy atom. The molecule has 0 saturated carbocycles. The lowest BCUT2D eigenvalue weighted by Crippen LogP contribution is -2.28. The van der Waals surface area contributed by atoms with Crippen molar-refractivity contribution in [3.63, 3.8) is 0 Å². The Labute approximate surface area is 145 Å². The second-order valence-electron chi connectivity index (χ2n) is 6.01. The Hall–Kier alpha value is -2.21. The molecule has 1 aromatic heterocycles. The van der Waals surface area contributed by atoms with Crippen LogP contribution in [0.1, 0.15) is 57.1 Å². The summed E-state index contributed by atoms with van der Waals surface area (Å²) >= 11 is 1.53. The van der Waals surface area contributed by atoms with Gasteiger partial charge in [-0.15, -0.1) is 11.3 Å². The smallest absolute Gasteiger partial charge is 0.335 e. The zero-order chi connectivity index (χ0) is 17.1. The van der Waals surface area contributed by atoms with Crippen LogP contribution in [-0.2, 0) is 6.42 Å². The first kappa shape index (κ1) is 16.6. The first-order chi connectivity index (χ1) is 11.6. The van der Waals surface area contributed by atoms with E-state index in [-0.39, 0.29) is 11.8 Å². The van der Waals surface area contributed by atoms with Crippen molar-refractivity contribution in [1.29, 1.82) is 0 Å². The zero-order valence-electron chi connectivity index (χ0n) is 13.6. The second-order valence-corrected chi connectivity index (χ2v) is 6.95. The molecule has 1 aliphatic heterocycles. The molecule has 1 fully saturated rings. The number of carbonyl (C=O) groups excluding carboxylic acids is 1. The summed E-state index contributed by atoms with van der Waals surface area (Å²) in [4.78, 5) is 30.2. The highest BCUT2D eigenvalue weighted by Crippen LogP contribution is 2.30. The number of nitrogens with zero attached hydrogens (tertiary/aromatic N) is 2. The lowest BCUT2D eigenvalue weighted by molar-refractivity contribution is 0.0695. The molecule has 24 heavy (non-hydrogen) atoms. The van der Waals surface area contributed by atoms with Crippen molar-refractivity contribution in [2.24, 2.45) is 0 Å². The average molecular weight is 344 g/mol. The van der Waals surface area contributed by atoms with Gasteiger partial charge in [0.25, 0.3) is 5.91 Å². The summed E-state index contributed by atoms with van der Waals surface area (Å²) in [5.41, 5.74) is 1.65. The van der Waals surface area contributed by atoms with Gasteiger partial charge in [0.15, 0.2) is 0 Å². The number of rotatable bonds is 5. The van der Waals surface area contributed by atoms with Gasteiger partial charge in [0, 0.05) is 24.4 Å². The molecular weight excluding hydrogens is 324 g/mol. The highest BCUT2D eigenvalue weighted by molar-refractivity contribution is 7.09. The van der Waals surface area contributed by atoms with Gasteiger partial charge in [-0.05, 0) is 30.9 Å². The van der Waals surface area contributed by atoms with Gasteiger partial charge in [-0.3, -0.25) is 4.79 Å². The standard InChI is InChI=1S/C18H20N2O3S/c1-2-5-16-19-15(11-24-16)17(21)20-9-8-12(10-20)13-6-3-4-7-14(13)18(22)23/h3-4,6-7,11-12H,2,5,8-10H2,1H3,(H,22,23). The Morgan fingerprint density at radius 2 is 2.17 bits per heavy atom. The third-order valence-electron chi connectivity index (χ3n) is 4.34. The van der Waals surface area contributed by atoms with E-state index >= 15 is 0 Å². The van der Waals surface area contributed by atoms with Gasteiger partial charge in [0.05, 0.1) is 10.6 Å². The fourth-order valence-corrected chi connectivity index (χ4v) is 4.02. The third-order valence-corrected chi connectivity index (χ3v) is 5.25. The molecule has 1 unspecified atom stereocenters. The van der Waals surface area contributed by atoms with E-state index in [2.05, 4.69) is 11.9 Å². The quantitative estimate of drug-likeness (QED) is 0.902. The Bertz CT molecular complexity index is 756. The van der Waals surface area contributed by atoms with Crippen LogP contribution in [0.15, 0.2) is 29.6 Å². The van der Waals surface area contributed by atoms with Crippen LogP contribution in [0.25, 0.3) is 0 Å². The summed E-state index contributed by atoms with van der Waals surface area (Å²) in [6, 6.07) is 7.06. The number of amides is 1. The number of benzene rings is 1. The fourth-order valence-electron chi connectivity index (χ4n) is 3.15. The SMILES string of the molecule is CCCc1nc(C(=O)N2CCC(c3ccccc3C(=O)O)C2)cs1. The van der Waals surface area contributed by atoms with Gasteiger partial charge in [-0.2, -0.15) is 0 Å². The minimum atomic E-state index is -0.918. The number of thiazole rings is 1. The molecule has 1 aromatic carbocycles. The summed E-state index contributed by atoms with van der Waals surface area (Å²) in [6.45, 7) is 3.27. The van der Waals surface area contributed by atoms with Crippen molar-refractivity contribution in [1.82, 2.24) is 9.88 Å². The number of hydrogen-bond donors (Lipinski definition) is 1. The number of carboxylic acids is 1. The summed E-state index contributed by atoms with van der Waals surface area (Å²) in [5, 5.41) is 12.2. The van der Waals surface area contributed by atoms with E-state index in [1.807, 2.05) is 17.5 Å². The van der Waals surface area contributed by atoms with Crippen molar-refractivity contribution in [3.05, 3.63) is 51.5 Å². The molecule has 0 bridgehead atoms. The normalized spacial score (nSPS) is 17.2. The number of aromatic carboxylic acids is 1. The van der Waals surface area contributed by atoms with Crippen LogP contribution in [0.2, 0.25) is 0 Å². The predicted octanol–water partition coefficient (Wildman–Crippen LogP) is 3.42. The maximum Gasteiger partial charge on any atom is 0.335 e. The molecule has 5 nitrogen and oxygen atoms in total. The lowest BCUT2D eigenvalue weighted by Gasteiger charge is -2.16. The van der Waals surface area contributed by atoms with Gasteiger partial charge in [-0.1, -0.05) is 25.1 Å². The van der Waals surface area contributed by atoms with E-state index in [1.165, 1.54) is 11.3 Å². The molecule has 126 valence electrons. The van der Waals surface area contributed by atoms with Crippen molar-refractivity contribution in [3.8, 4) is 0 Å². The molecule has 1 atom stereocenters.